The molecule has 0 spiro atoms. The van der Waals surface area contributed by atoms with Gasteiger partial charge in [-0.2, -0.15) is 0 Å². The number of hydrogen-bond acceptors (Lipinski definition) is 3. The molecule has 1 saturated carbocycles. The molecule has 208 valence electrons. The molecule has 0 radical (unpaired) electrons. The number of rotatable bonds is 13. The van der Waals surface area contributed by atoms with Crippen LogP contribution in [0.2, 0.25) is 0 Å². The lowest BCUT2D eigenvalue weighted by molar-refractivity contribution is 0.292. The molecule has 1 aliphatic rings. The van der Waals surface area contributed by atoms with E-state index in [1.807, 2.05) is 19.2 Å². The summed E-state index contributed by atoms with van der Waals surface area (Å²) in [6.45, 7) is 18.7. The van der Waals surface area contributed by atoms with E-state index in [0.29, 0.717) is 0 Å². The van der Waals surface area contributed by atoms with E-state index in [4.69, 9.17) is 9.98 Å². The molecule has 0 unspecified atom stereocenters. The van der Waals surface area contributed by atoms with Crippen molar-refractivity contribution in [3.63, 3.8) is 0 Å². The van der Waals surface area contributed by atoms with E-state index in [9.17, 15) is 0 Å². The molecule has 0 amide bonds. The van der Waals surface area contributed by atoms with E-state index in [-0.39, 0.29) is 0 Å². The molecular weight excluding hydrogens is 486 g/mol. The van der Waals surface area contributed by atoms with Gasteiger partial charge in [-0.1, -0.05) is 94.8 Å². The molecular formula is C37H45N3. The number of allylic oxidation sites excluding steroid dienone is 4. The highest BCUT2D eigenvalue weighted by Crippen LogP contribution is 2.32. The Morgan fingerprint density at radius 2 is 1.85 bits per heavy atom. The Bertz CT molecular complexity index is 1400. The fourth-order valence-corrected chi connectivity index (χ4v) is 5.43. The van der Waals surface area contributed by atoms with Crippen molar-refractivity contribution in [2.24, 2.45) is 10.9 Å². The minimum Gasteiger partial charge on any atom is -0.313 e. The van der Waals surface area contributed by atoms with E-state index >= 15 is 0 Å². The molecule has 3 heteroatoms. The molecule has 1 aromatic heterocycles. The minimum atomic E-state index is 0.860. The first kappa shape index (κ1) is 29.4. The highest BCUT2D eigenvalue weighted by molar-refractivity contribution is 6.10. The van der Waals surface area contributed by atoms with Crippen LogP contribution in [0.15, 0.2) is 90.1 Å². The van der Waals surface area contributed by atoms with Crippen molar-refractivity contribution in [3.8, 4) is 22.4 Å². The Labute approximate surface area is 241 Å². The first-order chi connectivity index (χ1) is 19.4. The van der Waals surface area contributed by atoms with Gasteiger partial charge in [0, 0.05) is 29.7 Å². The van der Waals surface area contributed by atoms with Crippen molar-refractivity contribution >= 4 is 11.8 Å². The molecule has 3 aromatic rings. The van der Waals surface area contributed by atoms with Gasteiger partial charge in [-0.15, -0.1) is 0 Å². The van der Waals surface area contributed by atoms with Gasteiger partial charge in [0.25, 0.3) is 0 Å². The summed E-state index contributed by atoms with van der Waals surface area (Å²) in [7, 11) is 0. The summed E-state index contributed by atoms with van der Waals surface area (Å²) in [5.74, 6) is 0.944. The monoisotopic (exact) mass is 531 g/mol. The van der Waals surface area contributed by atoms with Crippen molar-refractivity contribution in [3.05, 3.63) is 107 Å². The largest absolute Gasteiger partial charge is 0.313 e. The van der Waals surface area contributed by atoms with Crippen molar-refractivity contribution in [1.29, 1.82) is 0 Å². The summed E-state index contributed by atoms with van der Waals surface area (Å²) >= 11 is 0. The van der Waals surface area contributed by atoms with Gasteiger partial charge in [0.05, 0.1) is 5.69 Å². The van der Waals surface area contributed by atoms with Crippen LogP contribution >= 0.6 is 0 Å². The minimum absolute atomic E-state index is 0.860. The fraction of sp³-hybridized carbons (Fsp3) is 0.351. The van der Waals surface area contributed by atoms with Gasteiger partial charge in [-0.3, -0.25) is 9.98 Å². The van der Waals surface area contributed by atoms with Crippen molar-refractivity contribution in [1.82, 2.24) is 10.3 Å². The number of nitrogens with one attached hydrogen (secondary N) is 1. The summed E-state index contributed by atoms with van der Waals surface area (Å²) in [6, 6.07) is 19.6. The summed E-state index contributed by atoms with van der Waals surface area (Å²) in [6.07, 6.45) is 11.1. The van der Waals surface area contributed by atoms with Crippen LogP contribution < -0.4 is 5.32 Å². The number of hydrogen-bond donors (Lipinski definition) is 1. The van der Waals surface area contributed by atoms with Gasteiger partial charge in [-0.05, 0) is 96.7 Å². The van der Waals surface area contributed by atoms with Crippen LogP contribution in [0.1, 0.15) is 75.3 Å². The average molecular weight is 532 g/mol. The molecule has 40 heavy (non-hydrogen) atoms. The van der Waals surface area contributed by atoms with Crippen LogP contribution in [0.3, 0.4) is 0 Å². The Kier molecular flexibility index (Phi) is 10.4. The van der Waals surface area contributed by atoms with Crippen molar-refractivity contribution < 1.29 is 0 Å². The van der Waals surface area contributed by atoms with Gasteiger partial charge >= 0.3 is 0 Å². The number of aliphatic imine (C=N–C) groups is 1. The van der Waals surface area contributed by atoms with Crippen LogP contribution in [-0.2, 0) is 13.0 Å². The van der Waals surface area contributed by atoms with Crippen LogP contribution in [0.5, 0.6) is 0 Å². The topological polar surface area (TPSA) is 37.3 Å². The zero-order valence-corrected chi connectivity index (χ0v) is 24.9. The lowest BCUT2D eigenvalue weighted by atomic mass is 9.83. The molecule has 1 N–H and O–H groups in total. The van der Waals surface area contributed by atoms with Gasteiger partial charge in [0.1, 0.15) is 0 Å². The number of aryl methyl sites for hydroxylation is 1. The number of pyridine rings is 1. The molecule has 0 aliphatic heterocycles. The highest BCUT2D eigenvalue weighted by Gasteiger charge is 2.16. The van der Waals surface area contributed by atoms with Crippen molar-refractivity contribution in [2.75, 3.05) is 6.54 Å². The quantitative estimate of drug-likeness (QED) is 0.135. The third-order valence-electron chi connectivity index (χ3n) is 8.29. The van der Waals surface area contributed by atoms with Crippen molar-refractivity contribution in [2.45, 2.75) is 72.8 Å². The maximum absolute atomic E-state index is 5.09. The van der Waals surface area contributed by atoms with E-state index in [2.05, 4.69) is 93.8 Å². The number of nitrogens with zero attached hydrogens (tertiary/aromatic N) is 2. The molecule has 3 nitrogen and oxygen atoms in total. The lowest BCUT2D eigenvalue weighted by Gasteiger charge is -2.25. The first-order valence-electron chi connectivity index (χ1n) is 14.9. The normalized spacial score (nSPS) is 14.2. The third kappa shape index (κ3) is 7.14. The van der Waals surface area contributed by atoms with Crippen LogP contribution in [0, 0.1) is 12.8 Å². The summed E-state index contributed by atoms with van der Waals surface area (Å²) in [4.78, 5) is 9.81. The van der Waals surface area contributed by atoms with E-state index < -0.39 is 0 Å². The smallest absolute Gasteiger partial charge is 0.0705 e. The Morgan fingerprint density at radius 3 is 2.55 bits per heavy atom. The third-order valence-corrected chi connectivity index (χ3v) is 8.29. The molecule has 1 heterocycles. The Hall–Kier alpha value is -3.56. The van der Waals surface area contributed by atoms with E-state index in [1.54, 1.807) is 0 Å². The molecule has 1 fully saturated rings. The second kappa shape index (κ2) is 14.2. The number of aromatic nitrogens is 1. The average Bonchev–Trinajstić information content (AvgIpc) is 2.96. The van der Waals surface area contributed by atoms with E-state index in [1.165, 1.54) is 53.6 Å². The second-order valence-corrected chi connectivity index (χ2v) is 10.9. The van der Waals surface area contributed by atoms with E-state index in [0.717, 1.165) is 65.5 Å². The summed E-state index contributed by atoms with van der Waals surface area (Å²) in [5, 5.41) is 3.65. The van der Waals surface area contributed by atoms with Crippen LogP contribution in [0.25, 0.3) is 28.0 Å². The summed E-state index contributed by atoms with van der Waals surface area (Å²) in [5.41, 5.74) is 12.4. The molecule has 4 rings (SSSR count). The second-order valence-electron chi connectivity index (χ2n) is 10.9. The maximum atomic E-state index is 5.09. The Morgan fingerprint density at radius 1 is 1.07 bits per heavy atom. The SMILES string of the molecule is C=C/C(C)=C(CC)/N=C\C(=C)c1cccc(-c2cccc(-c3ccc(CNCCC4CCC4)c(CC)n3)c2)c1C. The first-order valence-corrected chi connectivity index (χ1v) is 14.9. The molecule has 0 saturated heterocycles. The molecule has 0 atom stereocenters. The molecule has 2 aromatic carbocycles. The zero-order chi connectivity index (χ0) is 28.5. The van der Waals surface area contributed by atoms with Crippen LogP contribution in [-0.4, -0.2) is 17.7 Å². The highest BCUT2D eigenvalue weighted by atomic mass is 14.9. The number of benzene rings is 2. The maximum Gasteiger partial charge on any atom is 0.0705 e. The molecule has 1 aliphatic carbocycles. The predicted octanol–water partition coefficient (Wildman–Crippen LogP) is 9.52. The molecule has 0 bridgehead atoms. The summed E-state index contributed by atoms with van der Waals surface area (Å²) < 4.78 is 0. The predicted molar refractivity (Wildman–Crippen MR) is 174 cm³/mol. The van der Waals surface area contributed by atoms with Gasteiger partial charge in [0.2, 0.25) is 0 Å². The van der Waals surface area contributed by atoms with Crippen LogP contribution in [0.4, 0.5) is 0 Å². The van der Waals surface area contributed by atoms with Gasteiger partial charge in [-0.25, -0.2) is 0 Å². The lowest BCUT2D eigenvalue weighted by Crippen LogP contribution is -2.21. The zero-order valence-electron chi connectivity index (χ0n) is 24.9. The standard InChI is InChI=1S/C37H45N3/c1-7-26(4)35(8-2)39-24-27(5)33-17-12-18-34(28(33)6)30-15-11-16-31(23-30)37-20-19-32(36(9-3)40-37)25-38-22-21-29-13-10-14-29/h7,11-12,15-20,23-24,29,38H,1,5,8-10,13-14,21-22,25H2,2-4,6H3/b35-26+,39-24-. The van der Waals surface area contributed by atoms with Gasteiger partial charge in [0.15, 0.2) is 0 Å². The Balaban J connectivity index is 1.53. The van der Waals surface area contributed by atoms with Gasteiger partial charge < -0.3 is 5.32 Å². The fourth-order valence-electron chi connectivity index (χ4n) is 5.43.